The molecule has 1 saturated heterocycles. The van der Waals surface area contributed by atoms with Gasteiger partial charge in [0.2, 0.25) is 0 Å². The summed E-state index contributed by atoms with van der Waals surface area (Å²) in [6, 6.07) is 1.95. The average Bonchev–Trinajstić information content (AvgIpc) is 3.09. The number of carbonyl (C=O) groups excluding carboxylic acids is 1. The van der Waals surface area contributed by atoms with Gasteiger partial charge >= 0.3 is 0 Å². The standard InChI is InChI=1S/C14H15N3OS/c1-10-7-15-8-12(16-10)13-3-2-5-17(13)14(18)11-4-6-19-9-11/h4,6-9,13H,2-3,5H2,1H3/t13-/m1/s1. The maximum atomic E-state index is 12.5. The quantitative estimate of drug-likeness (QED) is 0.845. The number of likely N-dealkylation sites (tertiary alicyclic amines) is 1. The Balaban J connectivity index is 1.88. The van der Waals surface area contributed by atoms with Gasteiger partial charge in [0.25, 0.3) is 5.91 Å². The van der Waals surface area contributed by atoms with E-state index in [9.17, 15) is 4.79 Å². The van der Waals surface area contributed by atoms with Gasteiger partial charge in [-0.25, -0.2) is 0 Å². The normalized spacial score (nSPS) is 18.8. The van der Waals surface area contributed by atoms with Crippen LogP contribution in [0.15, 0.2) is 29.2 Å². The molecule has 0 N–H and O–H groups in total. The molecule has 1 amide bonds. The zero-order valence-electron chi connectivity index (χ0n) is 10.7. The molecule has 3 heterocycles. The molecule has 1 aliphatic heterocycles. The summed E-state index contributed by atoms with van der Waals surface area (Å²) < 4.78 is 0. The highest BCUT2D eigenvalue weighted by Gasteiger charge is 2.31. The van der Waals surface area contributed by atoms with E-state index in [1.54, 1.807) is 23.7 Å². The monoisotopic (exact) mass is 273 g/mol. The van der Waals surface area contributed by atoms with Gasteiger partial charge in [0, 0.05) is 18.1 Å². The second-order valence-electron chi connectivity index (χ2n) is 4.75. The van der Waals surface area contributed by atoms with E-state index in [-0.39, 0.29) is 11.9 Å². The number of hydrogen-bond acceptors (Lipinski definition) is 4. The van der Waals surface area contributed by atoms with Crippen molar-refractivity contribution in [2.24, 2.45) is 0 Å². The third-order valence-corrected chi connectivity index (χ3v) is 4.08. The number of thiophene rings is 1. The van der Waals surface area contributed by atoms with Crippen LogP contribution in [0.3, 0.4) is 0 Å². The van der Waals surface area contributed by atoms with Crippen LogP contribution in [0.25, 0.3) is 0 Å². The highest BCUT2D eigenvalue weighted by Crippen LogP contribution is 2.32. The first-order valence-electron chi connectivity index (χ1n) is 6.37. The number of rotatable bonds is 2. The summed E-state index contributed by atoms with van der Waals surface area (Å²) in [5.41, 5.74) is 2.57. The molecular weight excluding hydrogens is 258 g/mol. The molecule has 0 unspecified atom stereocenters. The molecule has 1 aliphatic rings. The molecule has 2 aromatic heterocycles. The minimum atomic E-state index is 0.0693. The first kappa shape index (κ1) is 12.3. The molecule has 2 aromatic rings. The third kappa shape index (κ3) is 2.38. The van der Waals surface area contributed by atoms with E-state index in [0.29, 0.717) is 0 Å². The molecule has 0 bridgehead atoms. The first-order chi connectivity index (χ1) is 9.25. The van der Waals surface area contributed by atoms with Crippen LogP contribution in [0, 0.1) is 6.92 Å². The Bertz CT molecular complexity index is 582. The van der Waals surface area contributed by atoms with Crippen molar-refractivity contribution >= 4 is 17.2 Å². The maximum Gasteiger partial charge on any atom is 0.255 e. The summed E-state index contributed by atoms with van der Waals surface area (Å²) in [5.74, 6) is 0.104. The number of aromatic nitrogens is 2. The molecule has 4 nitrogen and oxygen atoms in total. The van der Waals surface area contributed by atoms with Gasteiger partial charge in [0.15, 0.2) is 0 Å². The van der Waals surface area contributed by atoms with Gasteiger partial charge in [-0.15, -0.1) is 0 Å². The summed E-state index contributed by atoms with van der Waals surface area (Å²) in [6.45, 7) is 2.73. The second kappa shape index (κ2) is 5.09. The Morgan fingerprint density at radius 3 is 3.11 bits per heavy atom. The third-order valence-electron chi connectivity index (χ3n) is 3.40. The van der Waals surface area contributed by atoms with Crippen LogP contribution in [-0.4, -0.2) is 27.3 Å². The molecule has 5 heteroatoms. The Labute approximate surface area is 116 Å². The fourth-order valence-electron chi connectivity index (χ4n) is 2.51. The number of amides is 1. The van der Waals surface area contributed by atoms with Crippen LogP contribution in [-0.2, 0) is 0 Å². The van der Waals surface area contributed by atoms with E-state index >= 15 is 0 Å². The van der Waals surface area contributed by atoms with Gasteiger partial charge < -0.3 is 4.90 Å². The fourth-order valence-corrected chi connectivity index (χ4v) is 3.14. The molecule has 3 rings (SSSR count). The van der Waals surface area contributed by atoms with Crippen molar-refractivity contribution in [1.29, 1.82) is 0 Å². The smallest absolute Gasteiger partial charge is 0.255 e. The largest absolute Gasteiger partial charge is 0.330 e. The van der Waals surface area contributed by atoms with Gasteiger partial charge in [-0.3, -0.25) is 14.8 Å². The van der Waals surface area contributed by atoms with Crippen molar-refractivity contribution in [3.63, 3.8) is 0 Å². The van der Waals surface area contributed by atoms with Crippen LogP contribution >= 0.6 is 11.3 Å². The molecule has 19 heavy (non-hydrogen) atoms. The van der Waals surface area contributed by atoms with E-state index in [0.717, 1.165) is 36.3 Å². The zero-order valence-corrected chi connectivity index (χ0v) is 11.6. The number of aryl methyl sites for hydroxylation is 1. The van der Waals surface area contributed by atoms with Crippen molar-refractivity contribution in [1.82, 2.24) is 14.9 Å². The Morgan fingerprint density at radius 1 is 1.47 bits per heavy atom. The lowest BCUT2D eigenvalue weighted by atomic mass is 10.1. The molecule has 0 radical (unpaired) electrons. The molecule has 0 saturated carbocycles. The summed E-state index contributed by atoms with van der Waals surface area (Å²) in [4.78, 5) is 23.1. The SMILES string of the molecule is Cc1cncc([C@H]2CCCN2C(=O)c2ccsc2)n1. The van der Waals surface area contributed by atoms with Crippen LogP contribution in [0.2, 0.25) is 0 Å². The predicted octanol–water partition coefficient (Wildman–Crippen LogP) is 2.82. The number of nitrogens with zero attached hydrogens (tertiary/aromatic N) is 3. The van der Waals surface area contributed by atoms with Gasteiger partial charge in [0.05, 0.1) is 29.2 Å². The van der Waals surface area contributed by atoms with Gasteiger partial charge in [0.1, 0.15) is 0 Å². The molecule has 98 valence electrons. The minimum absolute atomic E-state index is 0.0693. The van der Waals surface area contributed by atoms with Crippen molar-refractivity contribution in [2.45, 2.75) is 25.8 Å². The van der Waals surface area contributed by atoms with Gasteiger partial charge in [-0.1, -0.05) is 0 Å². The second-order valence-corrected chi connectivity index (χ2v) is 5.53. The average molecular weight is 273 g/mol. The van der Waals surface area contributed by atoms with Crippen molar-refractivity contribution < 1.29 is 4.79 Å². The molecule has 0 aromatic carbocycles. The Hall–Kier alpha value is -1.75. The van der Waals surface area contributed by atoms with Gasteiger partial charge in [-0.05, 0) is 31.2 Å². The number of hydrogen-bond donors (Lipinski definition) is 0. The molecular formula is C14H15N3OS. The lowest BCUT2D eigenvalue weighted by Crippen LogP contribution is -2.30. The Kier molecular flexibility index (Phi) is 3.29. The fraction of sp³-hybridized carbons (Fsp3) is 0.357. The van der Waals surface area contributed by atoms with E-state index < -0.39 is 0 Å². The first-order valence-corrected chi connectivity index (χ1v) is 7.31. The van der Waals surface area contributed by atoms with E-state index in [1.807, 2.05) is 28.7 Å². The summed E-state index contributed by atoms with van der Waals surface area (Å²) >= 11 is 1.55. The van der Waals surface area contributed by atoms with Crippen molar-refractivity contribution in [3.8, 4) is 0 Å². The molecule has 0 aliphatic carbocycles. The van der Waals surface area contributed by atoms with Gasteiger partial charge in [-0.2, -0.15) is 11.3 Å². The minimum Gasteiger partial charge on any atom is -0.330 e. The van der Waals surface area contributed by atoms with Crippen LogP contribution < -0.4 is 0 Å². The van der Waals surface area contributed by atoms with E-state index in [2.05, 4.69) is 9.97 Å². The summed E-state index contributed by atoms with van der Waals surface area (Å²) in [5, 5.41) is 3.84. The molecule has 1 atom stereocenters. The molecule has 0 spiro atoms. The topological polar surface area (TPSA) is 46.1 Å². The summed E-state index contributed by atoms with van der Waals surface area (Å²) in [7, 11) is 0. The predicted molar refractivity (Wildman–Crippen MR) is 74.1 cm³/mol. The summed E-state index contributed by atoms with van der Waals surface area (Å²) in [6.07, 6.45) is 5.50. The van der Waals surface area contributed by atoms with Crippen LogP contribution in [0.4, 0.5) is 0 Å². The van der Waals surface area contributed by atoms with Crippen LogP contribution in [0.5, 0.6) is 0 Å². The van der Waals surface area contributed by atoms with Crippen molar-refractivity contribution in [3.05, 3.63) is 46.2 Å². The highest BCUT2D eigenvalue weighted by atomic mass is 32.1. The Morgan fingerprint density at radius 2 is 2.37 bits per heavy atom. The lowest BCUT2D eigenvalue weighted by molar-refractivity contribution is 0.0733. The zero-order chi connectivity index (χ0) is 13.2. The van der Waals surface area contributed by atoms with E-state index in [1.165, 1.54) is 0 Å². The lowest BCUT2D eigenvalue weighted by Gasteiger charge is -2.23. The molecule has 1 fully saturated rings. The highest BCUT2D eigenvalue weighted by molar-refractivity contribution is 7.08. The van der Waals surface area contributed by atoms with E-state index in [4.69, 9.17) is 0 Å². The maximum absolute atomic E-state index is 12.5. The van der Waals surface area contributed by atoms with Crippen LogP contribution in [0.1, 0.15) is 40.6 Å². The number of carbonyl (C=O) groups is 1. The van der Waals surface area contributed by atoms with Crippen molar-refractivity contribution in [2.75, 3.05) is 6.54 Å².